The van der Waals surface area contributed by atoms with Gasteiger partial charge >= 0.3 is 0 Å². The van der Waals surface area contributed by atoms with Gasteiger partial charge in [0.15, 0.2) is 0 Å². The van der Waals surface area contributed by atoms with E-state index >= 15 is 0 Å². The monoisotopic (exact) mass is 245 g/mol. The number of nitrogens with one attached hydrogen (secondary N) is 1. The third-order valence-corrected chi connectivity index (χ3v) is 5.51. The summed E-state index contributed by atoms with van der Waals surface area (Å²) in [5.41, 5.74) is 7.18. The van der Waals surface area contributed by atoms with Gasteiger partial charge in [0.1, 0.15) is 5.69 Å². The molecule has 4 aliphatic rings. The Kier molecular flexibility index (Phi) is 2.11. The summed E-state index contributed by atoms with van der Waals surface area (Å²) in [5, 5.41) is 6.39. The maximum absolute atomic E-state index is 11.6. The van der Waals surface area contributed by atoms with Crippen LogP contribution in [0.1, 0.15) is 43.6 Å². The Morgan fingerprint density at radius 1 is 1.11 bits per heavy atom. The third-order valence-electron chi connectivity index (χ3n) is 5.51. The van der Waals surface area contributed by atoms with Crippen molar-refractivity contribution in [1.29, 1.82) is 0 Å². The quantitative estimate of drug-likeness (QED) is 0.793. The molecule has 4 fully saturated rings. The third kappa shape index (κ3) is 1.38. The second-order valence-corrected chi connectivity index (χ2v) is 6.52. The summed E-state index contributed by atoms with van der Waals surface area (Å²) >= 11 is 0. The molecule has 4 nitrogen and oxygen atoms in total. The number of nitrogens with zero attached hydrogens (tertiary/aromatic N) is 1. The predicted octanol–water partition coefficient (Wildman–Crippen LogP) is 1.89. The van der Waals surface area contributed by atoms with Crippen LogP contribution >= 0.6 is 0 Å². The minimum atomic E-state index is -0.221. The fourth-order valence-corrected chi connectivity index (χ4v) is 5.12. The van der Waals surface area contributed by atoms with Crippen LogP contribution in [0, 0.1) is 23.7 Å². The van der Waals surface area contributed by atoms with Crippen LogP contribution in [0.25, 0.3) is 0 Å². The average molecular weight is 245 g/mol. The van der Waals surface area contributed by atoms with Gasteiger partial charge in [0, 0.05) is 5.56 Å². The molecule has 18 heavy (non-hydrogen) atoms. The van der Waals surface area contributed by atoms with E-state index in [1.165, 1.54) is 32.1 Å². The summed E-state index contributed by atoms with van der Waals surface area (Å²) < 4.78 is 0. The number of nitrogen functional groups attached to an aromatic ring is 1. The van der Waals surface area contributed by atoms with Crippen molar-refractivity contribution in [2.45, 2.75) is 38.0 Å². The Bertz CT molecular complexity index is 508. The van der Waals surface area contributed by atoms with E-state index in [0.29, 0.717) is 11.6 Å². The number of aromatic nitrogens is 2. The Balaban J connectivity index is 1.77. The predicted molar refractivity (Wildman–Crippen MR) is 69.1 cm³/mol. The van der Waals surface area contributed by atoms with Gasteiger partial charge in [-0.05, 0) is 61.7 Å². The number of aromatic amines is 1. The number of nitrogens with two attached hydrogens (primary N) is 1. The van der Waals surface area contributed by atoms with Crippen molar-refractivity contribution in [3.05, 3.63) is 22.1 Å². The van der Waals surface area contributed by atoms with Crippen molar-refractivity contribution in [2.75, 3.05) is 5.73 Å². The second kappa shape index (κ2) is 3.59. The van der Waals surface area contributed by atoms with Gasteiger partial charge in [-0.25, -0.2) is 5.10 Å². The molecule has 0 radical (unpaired) electrons. The van der Waals surface area contributed by atoms with Crippen molar-refractivity contribution in [2.24, 2.45) is 23.7 Å². The summed E-state index contributed by atoms with van der Waals surface area (Å²) in [7, 11) is 0. The van der Waals surface area contributed by atoms with Crippen LogP contribution in [0.5, 0.6) is 0 Å². The van der Waals surface area contributed by atoms with E-state index in [2.05, 4.69) is 10.2 Å². The Labute approximate surface area is 106 Å². The highest BCUT2D eigenvalue weighted by Gasteiger charge is 2.49. The molecule has 1 heterocycles. The Morgan fingerprint density at radius 2 is 1.72 bits per heavy atom. The standard InChI is InChI=1S/C14H19N3O/c15-13-11(6-16-17-14(13)18)12-9-2-7-1-8(4-9)5-10(12)3-7/h6-10,12H,1-5H2,(H2,15,16)(H,17,18). The number of hydrogen-bond donors (Lipinski definition) is 2. The van der Waals surface area contributed by atoms with Crippen molar-refractivity contribution < 1.29 is 0 Å². The van der Waals surface area contributed by atoms with Crippen LogP contribution in [0.2, 0.25) is 0 Å². The van der Waals surface area contributed by atoms with Gasteiger partial charge in [0.05, 0.1) is 6.20 Å². The Morgan fingerprint density at radius 3 is 2.33 bits per heavy atom. The lowest BCUT2D eigenvalue weighted by molar-refractivity contribution is -0.00271. The second-order valence-electron chi connectivity index (χ2n) is 6.52. The summed E-state index contributed by atoms with van der Waals surface area (Å²) in [4.78, 5) is 11.6. The molecule has 0 amide bonds. The van der Waals surface area contributed by atoms with Crippen molar-refractivity contribution in [3.63, 3.8) is 0 Å². The molecule has 0 aliphatic heterocycles. The molecular weight excluding hydrogens is 226 g/mol. The molecule has 1 aromatic heterocycles. The first kappa shape index (κ1) is 10.6. The number of H-pyrrole nitrogens is 1. The minimum Gasteiger partial charge on any atom is -0.394 e. The zero-order valence-electron chi connectivity index (χ0n) is 10.4. The van der Waals surface area contributed by atoms with Crippen molar-refractivity contribution in [3.8, 4) is 0 Å². The number of rotatable bonds is 1. The molecule has 5 rings (SSSR count). The minimum absolute atomic E-state index is 0.221. The first-order chi connectivity index (χ1) is 8.72. The lowest BCUT2D eigenvalue weighted by atomic mass is 9.51. The molecule has 0 saturated heterocycles. The molecule has 0 atom stereocenters. The summed E-state index contributed by atoms with van der Waals surface area (Å²) in [5.74, 6) is 3.87. The SMILES string of the molecule is Nc1c(C2C3CC4CC(C3)CC2C4)cn[nH]c1=O. The molecule has 1 aromatic rings. The molecule has 0 spiro atoms. The number of anilines is 1. The lowest BCUT2D eigenvalue weighted by Gasteiger charge is -2.54. The van der Waals surface area contributed by atoms with E-state index in [-0.39, 0.29) is 5.56 Å². The highest BCUT2D eigenvalue weighted by molar-refractivity contribution is 5.46. The summed E-state index contributed by atoms with van der Waals surface area (Å²) in [6.45, 7) is 0. The molecule has 0 unspecified atom stereocenters. The molecule has 96 valence electrons. The molecule has 4 saturated carbocycles. The molecule has 0 aromatic carbocycles. The van der Waals surface area contributed by atoms with Crippen LogP contribution in [-0.4, -0.2) is 10.2 Å². The van der Waals surface area contributed by atoms with Gasteiger partial charge in [-0.15, -0.1) is 0 Å². The zero-order valence-corrected chi connectivity index (χ0v) is 10.4. The van der Waals surface area contributed by atoms with Gasteiger partial charge in [0.25, 0.3) is 5.56 Å². The van der Waals surface area contributed by atoms with E-state index in [1.807, 2.05) is 0 Å². The van der Waals surface area contributed by atoms with Gasteiger partial charge in [-0.3, -0.25) is 4.79 Å². The zero-order chi connectivity index (χ0) is 12.3. The smallest absolute Gasteiger partial charge is 0.287 e. The normalized spacial score (nSPS) is 41.2. The van der Waals surface area contributed by atoms with Crippen LogP contribution < -0.4 is 11.3 Å². The van der Waals surface area contributed by atoms with Crippen molar-refractivity contribution in [1.82, 2.24) is 10.2 Å². The summed E-state index contributed by atoms with van der Waals surface area (Å²) in [6, 6.07) is 0. The average Bonchev–Trinajstić information content (AvgIpc) is 2.33. The molecule has 4 heteroatoms. The van der Waals surface area contributed by atoms with E-state index in [0.717, 1.165) is 29.2 Å². The molecule has 4 bridgehead atoms. The van der Waals surface area contributed by atoms with Gasteiger partial charge in [-0.2, -0.15) is 5.10 Å². The first-order valence-electron chi connectivity index (χ1n) is 7.05. The van der Waals surface area contributed by atoms with Crippen molar-refractivity contribution >= 4 is 5.69 Å². The lowest BCUT2D eigenvalue weighted by Crippen LogP contribution is -2.44. The van der Waals surface area contributed by atoms with Crippen LogP contribution in [0.4, 0.5) is 5.69 Å². The fourth-order valence-electron chi connectivity index (χ4n) is 5.12. The largest absolute Gasteiger partial charge is 0.394 e. The van der Waals surface area contributed by atoms with Crippen LogP contribution in [0.3, 0.4) is 0 Å². The highest BCUT2D eigenvalue weighted by atomic mass is 16.1. The maximum atomic E-state index is 11.6. The number of hydrogen-bond acceptors (Lipinski definition) is 3. The van der Waals surface area contributed by atoms with Gasteiger partial charge in [0.2, 0.25) is 0 Å². The van der Waals surface area contributed by atoms with E-state index in [4.69, 9.17) is 5.73 Å². The van der Waals surface area contributed by atoms with Crippen LogP contribution in [-0.2, 0) is 0 Å². The fraction of sp³-hybridized carbons (Fsp3) is 0.714. The van der Waals surface area contributed by atoms with Gasteiger partial charge < -0.3 is 5.73 Å². The van der Waals surface area contributed by atoms with E-state index < -0.39 is 0 Å². The molecular formula is C14H19N3O. The maximum Gasteiger partial charge on any atom is 0.287 e. The van der Waals surface area contributed by atoms with E-state index in [9.17, 15) is 4.79 Å². The highest BCUT2D eigenvalue weighted by Crippen LogP contribution is 2.60. The molecule has 3 N–H and O–H groups in total. The topological polar surface area (TPSA) is 71.8 Å². The van der Waals surface area contributed by atoms with Crippen LogP contribution in [0.15, 0.2) is 11.0 Å². The first-order valence-corrected chi connectivity index (χ1v) is 7.05. The van der Waals surface area contributed by atoms with E-state index in [1.54, 1.807) is 6.20 Å². The summed E-state index contributed by atoms with van der Waals surface area (Å²) in [6.07, 6.45) is 8.59. The molecule has 4 aliphatic carbocycles. The van der Waals surface area contributed by atoms with Gasteiger partial charge in [-0.1, -0.05) is 0 Å². The Hall–Kier alpha value is -1.32.